The molecule has 0 atom stereocenters. The van der Waals surface area contributed by atoms with Gasteiger partial charge >= 0.3 is 0 Å². The molecule has 0 aliphatic carbocycles. The summed E-state index contributed by atoms with van der Waals surface area (Å²) in [6, 6.07) is 15.8. The third-order valence-electron chi connectivity index (χ3n) is 5.59. The van der Waals surface area contributed by atoms with Gasteiger partial charge in [-0.1, -0.05) is 36.4 Å². The topological polar surface area (TPSA) is 67.9 Å². The maximum atomic E-state index is 12.5. The van der Waals surface area contributed by atoms with Crippen molar-refractivity contribution in [2.45, 2.75) is 32.2 Å². The summed E-state index contributed by atoms with van der Waals surface area (Å²) in [7, 11) is 0. The van der Waals surface area contributed by atoms with Crippen molar-refractivity contribution in [1.29, 1.82) is 0 Å². The molecule has 0 spiro atoms. The highest BCUT2D eigenvalue weighted by atomic mass is 16.7. The van der Waals surface area contributed by atoms with Crippen LogP contribution >= 0.6 is 0 Å². The highest BCUT2D eigenvalue weighted by Crippen LogP contribution is 2.32. The first-order valence-corrected chi connectivity index (χ1v) is 10.2. The summed E-state index contributed by atoms with van der Waals surface area (Å²) in [6.07, 6.45) is 2.70. The van der Waals surface area contributed by atoms with Crippen molar-refractivity contribution in [1.82, 2.24) is 10.2 Å². The lowest BCUT2D eigenvalue weighted by Crippen LogP contribution is -2.43. The van der Waals surface area contributed by atoms with Crippen molar-refractivity contribution in [3.63, 3.8) is 0 Å². The van der Waals surface area contributed by atoms with Gasteiger partial charge in [0.15, 0.2) is 11.5 Å². The van der Waals surface area contributed by atoms with Gasteiger partial charge in [-0.05, 0) is 42.5 Å². The summed E-state index contributed by atoms with van der Waals surface area (Å²) in [5.74, 6) is 1.65. The van der Waals surface area contributed by atoms with Crippen LogP contribution in [0.1, 0.15) is 30.4 Å². The monoisotopic (exact) mass is 394 g/mol. The van der Waals surface area contributed by atoms with Crippen LogP contribution in [0.3, 0.4) is 0 Å². The lowest BCUT2D eigenvalue weighted by molar-refractivity contribution is -0.135. The number of piperidine rings is 1. The first-order valence-electron chi connectivity index (χ1n) is 10.2. The second-order valence-corrected chi connectivity index (χ2v) is 7.55. The molecular formula is C23H26N2O4. The molecule has 0 radical (unpaired) electrons. The second kappa shape index (κ2) is 8.99. The fourth-order valence-corrected chi connectivity index (χ4v) is 3.83. The van der Waals surface area contributed by atoms with Gasteiger partial charge in [-0.25, -0.2) is 0 Å². The number of nitrogens with one attached hydrogen (secondary N) is 1. The molecule has 29 heavy (non-hydrogen) atoms. The van der Waals surface area contributed by atoms with E-state index in [1.54, 1.807) is 0 Å². The molecule has 0 saturated carbocycles. The van der Waals surface area contributed by atoms with Gasteiger partial charge in [0.1, 0.15) is 0 Å². The fourth-order valence-electron chi connectivity index (χ4n) is 3.83. The van der Waals surface area contributed by atoms with E-state index in [-0.39, 0.29) is 24.5 Å². The molecule has 6 heteroatoms. The number of carbonyl (C=O) groups is 2. The molecule has 1 saturated heterocycles. The molecule has 4 rings (SSSR count). The van der Waals surface area contributed by atoms with Crippen LogP contribution in [-0.4, -0.2) is 36.6 Å². The number of rotatable bonds is 6. The Morgan fingerprint density at radius 3 is 2.52 bits per heavy atom. The minimum atomic E-state index is -0.0396. The Morgan fingerprint density at radius 1 is 0.966 bits per heavy atom. The number of carbonyl (C=O) groups excluding carboxylic acids is 2. The Balaban J connectivity index is 1.19. The molecule has 152 valence electrons. The molecule has 0 aromatic heterocycles. The van der Waals surface area contributed by atoms with Crippen molar-refractivity contribution < 1.29 is 19.1 Å². The third-order valence-corrected chi connectivity index (χ3v) is 5.59. The lowest BCUT2D eigenvalue weighted by Gasteiger charge is -2.31. The zero-order valence-corrected chi connectivity index (χ0v) is 16.4. The molecule has 1 fully saturated rings. The minimum Gasteiger partial charge on any atom is -0.454 e. The van der Waals surface area contributed by atoms with Crippen LogP contribution < -0.4 is 14.8 Å². The number of benzene rings is 2. The Morgan fingerprint density at radius 2 is 1.72 bits per heavy atom. The highest BCUT2D eigenvalue weighted by molar-refractivity contribution is 5.80. The average Bonchev–Trinajstić information content (AvgIpc) is 3.24. The maximum absolute atomic E-state index is 12.5. The van der Waals surface area contributed by atoms with Gasteiger partial charge in [-0.3, -0.25) is 9.59 Å². The van der Waals surface area contributed by atoms with Crippen LogP contribution in [-0.2, 0) is 22.6 Å². The van der Waals surface area contributed by atoms with Crippen molar-refractivity contribution in [3.05, 3.63) is 59.7 Å². The van der Waals surface area contributed by atoms with Gasteiger partial charge in [-0.2, -0.15) is 0 Å². The van der Waals surface area contributed by atoms with Crippen LogP contribution in [0.25, 0.3) is 0 Å². The molecular weight excluding hydrogens is 368 g/mol. The van der Waals surface area contributed by atoms with E-state index in [0.717, 1.165) is 23.5 Å². The van der Waals surface area contributed by atoms with Gasteiger partial charge in [0.25, 0.3) is 0 Å². The van der Waals surface area contributed by atoms with E-state index >= 15 is 0 Å². The van der Waals surface area contributed by atoms with E-state index in [9.17, 15) is 9.59 Å². The number of amides is 2. The van der Waals surface area contributed by atoms with E-state index in [1.807, 2.05) is 53.4 Å². The molecule has 0 bridgehead atoms. The molecule has 6 nitrogen and oxygen atoms in total. The molecule has 2 aliphatic rings. The van der Waals surface area contributed by atoms with Crippen LogP contribution in [0.4, 0.5) is 0 Å². The summed E-state index contributed by atoms with van der Waals surface area (Å²) >= 11 is 0. The normalized spacial score (nSPS) is 15.9. The fraction of sp³-hybridized carbons (Fsp3) is 0.391. The Kier molecular flexibility index (Phi) is 5.98. The molecule has 2 aromatic rings. The van der Waals surface area contributed by atoms with Crippen LogP contribution in [0.5, 0.6) is 11.5 Å². The van der Waals surface area contributed by atoms with Gasteiger partial charge < -0.3 is 19.7 Å². The number of aryl methyl sites for hydroxylation is 1. The van der Waals surface area contributed by atoms with Crippen molar-refractivity contribution in [2.24, 2.45) is 5.92 Å². The molecule has 0 unspecified atom stereocenters. The van der Waals surface area contributed by atoms with Crippen LogP contribution in [0.15, 0.2) is 48.5 Å². The quantitative estimate of drug-likeness (QED) is 0.818. The van der Waals surface area contributed by atoms with Gasteiger partial charge in [0.2, 0.25) is 18.6 Å². The standard InChI is InChI=1S/C23H26N2O4/c26-22(9-7-17-4-2-1-3-5-17)25-12-10-19(11-13-25)23(27)24-15-18-6-8-20-21(14-18)29-16-28-20/h1-6,8,14,19H,7,9-13,15-16H2,(H,24,27). The predicted molar refractivity (Wildman–Crippen MR) is 108 cm³/mol. The number of hydrogen-bond acceptors (Lipinski definition) is 4. The lowest BCUT2D eigenvalue weighted by atomic mass is 9.95. The number of hydrogen-bond donors (Lipinski definition) is 1. The summed E-state index contributed by atoms with van der Waals surface area (Å²) in [5.41, 5.74) is 2.16. The second-order valence-electron chi connectivity index (χ2n) is 7.55. The van der Waals surface area contributed by atoms with E-state index in [1.165, 1.54) is 5.56 Å². The molecule has 2 amide bonds. The van der Waals surface area contributed by atoms with Gasteiger partial charge in [-0.15, -0.1) is 0 Å². The number of nitrogens with zero attached hydrogens (tertiary/aromatic N) is 1. The number of likely N-dealkylation sites (tertiary alicyclic amines) is 1. The smallest absolute Gasteiger partial charge is 0.231 e. The molecule has 2 aromatic carbocycles. The molecule has 2 heterocycles. The molecule has 1 N–H and O–H groups in total. The number of ether oxygens (including phenoxy) is 2. The Labute approximate surface area is 170 Å². The number of fused-ring (bicyclic) bond motifs is 1. The SMILES string of the molecule is O=C(NCc1ccc2c(c1)OCO2)C1CCN(C(=O)CCc2ccccc2)CC1. The summed E-state index contributed by atoms with van der Waals surface area (Å²) in [5, 5.41) is 3.01. The van der Waals surface area contributed by atoms with E-state index in [4.69, 9.17) is 9.47 Å². The summed E-state index contributed by atoms with van der Waals surface area (Å²) in [6.45, 7) is 2.00. The zero-order valence-electron chi connectivity index (χ0n) is 16.4. The Hall–Kier alpha value is -3.02. The first-order chi connectivity index (χ1) is 14.2. The van der Waals surface area contributed by atoms with E-state index in [2.05, 4.69) is 5.32 Å². The van der Waals surface area contributed by atoms with E-state index < -0.39 is 0 Å². The zero-order chi connectivity index (χ0) is 20.1. The average molecular weight is 394 g/mol. The maximum Gasteiger partial charge on any atom is 0.231 e. The van der Waals surface area contributed by atoms with E-state index in [0.29, 0.717) is 38.9 Å². The van der Waals surface area contributed by atoms with Gasteiger partial charge in [0, 0.05) is 32.0 Å². The third kappa shape index (κ3) is 4.88. The largest absolute Gasteiger partial charge is 0.454 e. The van der Waals surface area contributed by atoms with Crippen LogP contribution in [0.2, 0.25) is 0 Å². The predicted octanol–water partition coefficient (Wildman–Crippen LogP) is 2.90. The summed E-state index contributed by atoms with van der Waals surface area (Å²) < 4.78 is 10.7. The molecule has 2 aliphatic heterocycles. The van der Waals surface area contributed by atoms with Crippen molar-refractivity contribution >= 4 is 11.8 Å². The Bertz CT molecular complexity index is 860. The summed E-state index contributed by atoms with van der Waals surface area (Å²) in [4.78, 5) is 26.9. The van der Waals surface area contributed by atoms with Crippen LogP contribution in [0, 0.1) is 5.92 Å². The van der Waals surface area contributed by atoms with Gasteiger partial charge in [0.05, 0.1) is 0 Å². The van der Waals surface area contributed by atoms with Crippen molar-refractivity contribution in [3.8, 4) is 11.5 Å². The minimum absolute atomic E-state index is 0.0396. The highest BCUT2D eigenvalue weighted by Gasteiger charge is 2.27. The van der Waals surface area contributed by atoms with Crippen molar-refractivity contribution in [2.75, 3.05) is 19.9 Å². The first kappa shape index (κ1) is 19.3.